The van der Waals surface area contributed by atoms with Crippen molar-refractivity contribution in [2.24, 2.45) is 0 Å². The lowest BCUT2D eigenvalue weighted by atomic mass is 10.1. The molecule has 0 bridgehead atoms. The Bertz CT molecular complexity index is 109. The molecule has 0 aromatic heterocycles. The van der Waals surface area contributed by atoms with Crippen molar-refractivity contribution in [2.45, 2.75) is 18.5 Å². The van der Waals surface area contributed by atoms with Crippen LogP contribution in [0.4, 0.5) is 0 Å². The second-order valence-electron chi connectivity index (χ2n) is 2.25. The maximum Gasteiger partial charge on any atom is 0.178 e. The third-order valence-corrected chi connectivity index (χ3v) is 1.56. The van der Waals surface area contributed by atoms with E-state index < -0.39 is 0 Å². The molecule has 0 saturated carbocycles. The van der Waals surface area contributed by atoms with Crippen molar-refractivity contribution in [3.63, 3.8) is 0 Å². The van der Waals surface area contributed by atoms with Crippen molar-refractivity contribution >= 4 is 14.3 Å². The molecule has 1 rings (SSSR count). The van der Waals surface area contributed by atoms with E-state index in [1.807, 2.05) is 0 Å². The van der Waals surface area contributed by atoms with Crippen LogP contribution in [0, 0.1) is 0 Å². The van der Waals surface area contributed by atoms with Gasteiger partial charge in [0.1, 0.15) is 6.29 Å². The van der Waals surface area contributed by atoms with Crippen LogP contribution >= 0.6 is 0 Å². The molecule has 48 valence electrons. The summed E-state index contributed by atoms with van der Waals surface area (Å²) in [5.74, 6) is 0. The summed E-state index contributed by atoms with van der Waals surface area (Å²) in [6, 6.07) is 0.270. The van der Waals surface area contributed by atoms with Crippen LogP contribution in [0.5, 0.6) is 0 Å². The molecule has 4 heteroatoms. The minimum absolute atomic E-state index is 0.00560. The molecule has 1 heterocycles. The Labute approximate surface area is 55.6 Å². The highest BCUT2D eigenvalue weighted by molar-refractivity contribution is 6.04. The van der Waals surface area contributed by atoms with E-state index in [2.05, 4.69) is 10.5 Å². The van der Waals surface area contributed by atoms with Crippen molar-refractivity contribution < 1.29 is 4.79 Å². The summed E-state index contributed by atoms with van der Waals surface area (Å²) in [5.41, 5.74) is 0. The number of carbonyl (C=O) groups excluding carboxylic acids is 1. The maximum atomic E-state index is 10.1. The summed E-state index contributed by atoms with van der Waals surface area (Å²) in [7, 11) is 5.14. The first-order valence-electron chi connectivity index (χ1n) is 3.01. The highest BCUT2D eigenvalue weighted by Gasteiger charge is 2.20. The van der Waals surface area contributed by atoms with Gasteiger partial charge in [-0.2, -0.15) is 0 Å². The Morgan fingerprint density at radius 2 is 2.56 bits per heavy atom. The topological polar surface area (TPSA) is 41.1 Å². The van der Waals surface area contributed by atoms with Crippen LogP contribution in [0.15, 0.2) is 0 Å². The second-order valence-corrected chi connectivity index (χ2v) is 2.25. The van der Waals surface area contributed by atoms with Crippen LogP contribution in [0.25, 0.3) is 0 Å². The van der Waals surface area contributed by atoms with Gasteiger partial charge in [0.25, 0.3) is 0 Å². The quantitative estimate of drug-likeness (QED) is 0.351. The highest BCUT2D eigenvalue weighted by Crippen LogP contribution is 2.02. The lowest BCUT2D eigenvalue weighted by Crippen LogP contribution is -2.28. The van der Waals surface area contributed by atoms with Crippen molar-refractivity contribution in [1.82, 2.24) is 10.5 Å². The molecule has 1 saturated heterocycles. The van der Waals surface area contributed by atoms with Crippen molar-refractivity contribution in [3.05, 3.63) is 0 Å². The van der Waals surface area contributed by atoms with E-state index >= 15 is 0 Å². The van der Waals surface area contributed by atoms with Gasteiger partial charge in [0.2, 0.25) is 0 Å². The number of nitrogens with one attached hydrogen (secondary N) is 2. The van der Waals surface area contributed by atoms with E-state index in [1.165, 1.54) is 0 Å². The SMILES string of the molecule is [B]NC1CNC(C=O)C1. The fraction of sp³-hybridized carbons (Fsp3) is 0.800. The number of aldehydes is 1. The molecule has 0 amide bonds. The molecule has 2 N–H and O–H groups in total. The first kappa shape index (κ1) is 6.77. The molecule has 1 fully saturated rings. The largest absolute Gasteiger partial charge is 0.363 e. The minimum atomic E-state index is 0.00560. The number of carbonyl (C=O) groups is 1. The van der Waals surface area contributed by atoms with E-state index in [0.29, 0.717) is 0 Å². The smallest absolute Gasteiger partial charge is 0.178 e. The van der Waals surface area contributed by atoms with Crippen LogP contribution in [0.1, 0.15) is 6.42 Å². The molecular weight excluding hydrogens is 115 g/mol. The number of rotatable bonds is 2. The van der Waals surface area contributed by atoms with Crippen LogP contribution in [-0.4, -0.2) is 32.9 Å². The average Bonchev–Trinajstić information content (AvgIpc) is 2.34. The van der Waals surface area contributed by atoms with Gasteiger partial charge in [-0.05, 0) is 6.42 Å². The van der Waals surface area contributed by atoms with Crippen molar-refractivity contribution in [1.29, 1.82) is 0 Å². The average molecular weight is 124 g/mol. The van der Waals surface area contributed by atoms with Gasteiger partial charge in [-0.1, -0.05) is 0 Å². The Morgan fingerprint density at radius 1 is 1.78 bits per heavy atom. The predicted molar refractivity (Wildman–Crippen MR) is 35.1 cm³/mol. The molecule has 0 aromatic rings. The predicted octanol–water partition coefficient (Wildman–Crippen LogP) is -1.41. The first-order valence-corrected chi connectivity index (χ1v) is 3.01. The van der Waals surface area contributed by atoms with Gasteiger partial charge in [0.15, 0.2) is 7.98 Å². The van der Waals surface area contributed by atoms with E-state index in [-0.39, 0.29) is 12.1 Å². The van der Waals surface area contributed by atoms with Crippen molar-refractivity contribution in [3.8, 4) is 0 Å². The van der Waals surface area contributed by atoms with Crippen LogP contribution < -0.4 is 10.5 Å². The molecule has 1 aliphatic heterocycles. The summed E-state index contributed by atoms with van der Waals surface area (Å²) in [4.78, 5) is 10.1. The lowest BCUT2D eigenvalue weighted by molar-refractivity contribution is -0.109. The molecule has 0 aromatic carbocycles. The van der Waals surface area contributed by atoms with Gasteiger partial charge < -0.3 is 15.3 Å². The molecule has 1 aliphatic rings. The third kappa shape index (κ3) is 1.53. The fourth-order valence-corrected chi connectivity index (χ4v) is 0.997. The van der Waals surface area contributed by atoms with E-state index in [1.54, 1.807) is 0 Å². The third-order valence-electron chi connectivity index (χ3n) is 1.56. The van der Waals surface area contributed by atoms with Crippen LogP contribution in [-0.2, 0) is 4.79 Å². The van der Waals surface area contributed by atoms with Crippen LogP contribution in [0.3, 0.4) is 0 Å². The normalized spacial score (nSPS) is 34.7. The highest BCUT2D eigenvalue weighted by atomic mass is 16.1. The molecule has 2 unspecified atom stereocenters. The van der Waals surface area contributed by atoms with E-state index in [9.17, 15) is 4.79 Å². The fourth-order valence-electron chi connectivity index (χ4n) is 0.997. The van der Waals surface area contributed by atoms with Gasteiger partial charge in [-0.25, -0.2) is 0 Å². The second kappa shape index (κ2) is 2.99. The van der Waals surface area contributed by atoms with Gasteiger partial charge in [0.05, 0.1) is 6.04 Å². The molecule has 2 radical (unpaired) electrons. The van der Waals surface area contributed by atoms with Crippen LogP contribution in [0.2, 0.25) is 0 Å². The van der Waals surface area contributed by atoms with E-state index in [4.69, 9.17) is 7.98 Å². The molecule has 2 atom stereocenters. The minimum Gasteiger partial charge on any atom is -0.363 e. The summed E-state index contributed by atoms with van der Waals surface area (Å²) < 4.78 is 0. The zero-order chi connectivity index (χ0) is 6.69. The lowest BCUT2D eigenvalue weighted by Gasteiger charge is -2.03. The summed E-state index contributed by atoms with van der Waals surface area (Å²) in [6.07, 6.45) is 1.72. The summed E-state index contributed by atoms with van der Waals surface area (Å²) >= 11 is 0. The zero-order valence-corrected chi connectivity index (χ0v) is 5.13. The molecular formula is C5H9BN2O. The Morgan fingerprint density at radius 3 is 2.89 bits per heavy atom. The Balaban J connectivity index is 2.28. The van der Waals surface area contributed by atoms with Gasteiger partial charge in [-0.15, -0.1) is 0 Å². The van der Waals surface area contributed by atoms with Gasteiger partial charge in [0, 0.05) is 12.6 Å². The molecule has 0 aliphatic carbocycles. The number of hydrogen-bond donors (Lipinski definition) is 2. The van der Waals surface area contributed by atoms with Gasteiger partial charge in [-0.3, -0.25) is 0 Å². The summed E-state index contributed by atoms with van der Waals surface area (Å²) in [6.45, 7) is 0.792. The van der Waals surface area contributed by atoms with Crippen molar-refractivity contribution in [2.75, 3.05) is 6.54 Å². The summed E-state index contributed by atoms with van der Waals surface area (Å²) in [5, 5.41) is 5.60. The number of hydrogen-bond acceptors (Lipinski definition) is 3. The Hall–Kier alpha value is -0.345. The zero-order valence-electron chi connectivity index (χ0n) is 5.13. The molecule has 0 spiro atoms. The Kier molecular flexibility index (Phi) is 2.25. The van der Waals surface area contributed by atoms with Gasteiger partial charge >= 0.3 is 0 Å². The first-order chi connectivity index (χ1) is 4.36. The standard InChI is InChI=1S/C5H9BN2O/c6-8-4-1-5(3-9)7-2-4/h3-5,7-8H,1-2H2. The maximum absolute atomic E-state index is 10.1. The van der Waals surface area contributed by atoms with E-state index in [0.717, 1.165) is 19.3 Å². The molecule has 3 nitrogen and oxygen atoms in total. The molecule has 9 heavy (non-hydrogen) atoms. The monoisotopic (exact) mass is 124 g/mol.